The molecule has 0 unspecified atom stereocenters. The second-order valence-electron chi connectivity index (χ2n) is 4.46. The molecule has 3 aromatic rings. The zero-order chi connectivity index (χ0) is 13.4. The zero-order valence-corrected chi connectivity index (χ0v) is 10.8. The Morgan fingerprint density at radius 2 is 2.16 bits per heavy atom. The third-order valence-electron chi connectivity index (χ3n) is 3.06. The molecule has 0 aliphatic carbocycles. The van der Waals surface area contributed by atoms with Gasteiger partial charge in [0, 0.05) is 7.05 Å². The summed E-state index contributed by atoms with van der Waals surface area (Å²) in [6, 6.07) is 8.15. The Morgan fingerprint density at radius 1 is 1.32 bits per heavy atom. The summed E-state index contributed by atoms with van der Waals surface area (Å²) in [6.07, 6.45) is 1.64. The standard InChI is InChI=1S/C13H14N6/c1-8-4-3-5-9(6-8)11-12(10-7-15-18-16-10)17-19(2)13(11)14/h3-7H,14H2,1-2H3,(H,15,16,18). The highest BCUT2D eigenvalue weighted by molar-refractivity contribution is 5.86. The van der Waals surface area contributed by atoms with Gasteiger partial charge >= 0.3 is 0 Å². The monoisotopic (exact) mass is 254 g/mol. The molecule has 96 valence electrons. The van der Waals surface area contributed by atoms with Crippen LogP contribution in [0.3, 0.4) is 0 Å². The van der Waals surface area contributed by atoms with E-state index < -0.39 is 0 Å². The smallest absolute Gasteiger partial charge is 0.133 e. The summed E-state index contributed by atoms with van der Waals surface area (Å²) in [5, 5.41) is 14.9. The van der Waals surface area contributed by atoms with Gasteiger partial charge in [-0.1, -0.05) is 29.8 Å². The first-order valence-corrected chi connectivity index (χ1v) is 5.92. The molecule has 2 heterocycles. The molecular formula is C13H14N6. The minimum atomic E-state index is 0.614. The van der Waals surface area contributed by atoms with Gasteiger partial charge in [0.2, 0.25) is 0 Å². The third kappa shape index (κ3) is 1.87. The van der Waals surface area contributed by atoms with E-state index in [1.807, 2.05) is 32.2 Å². The average Bonchev–Trinajstić information content (AvgIpc) is 2.99. The van der Waals surface area contributed by atoms with Crippen LogP contribution < -0.4 is 5.73 Å². The number of aromatic nitrogens is 5. The number of nitrogens with one attached hydrogen (secondary N) is 1. The van der Waals surface area contributed by atoms with E-state index in [9.17, 15) is 0 Å². The summed E-state index contributed by atoms with van der Waals surface area (Å²) in [5.74, 6) is 0.614. The molecule has 0 fully saturated rings. The quantitative estimate of drug-likeness (QED) is 0.729. The largest absolute Gasteiger partial charge is 0.383 e. The van der Waals surface area contributed by atoms with Crippen LogP contribution in [-0.2, 0) is 7.05 Å². The number of nitrogens with two attached hydrogens (primary N) is 1. The first-order valence-electron chi connectivity index (χ1n) is 5.92. The van der Waals surface area contributed by atoms with Crippen LogP contribution in [0.25, 0.3) is 22.5 Å². The number of nitrogen functional groups attached to an aromatic ring is 1. The summed E-state index contributed by atoms with van der Waals surface area (Å²) in [5.41, 5.74) is 10.6. The van der Waals surface area contributed by atoms with Gasteiger partial charge in [0.25, 0.3) is 0 Å². The van der Waals surface area contributed by atoms with E-state index in [1.54, 1.807) is 10.9 Å². The Bertz CT molecular complexity index is 711. The van der Waals surface area contributed by atoms with Crippen molar-refractivity contribution in [1.29, 1.82) is 0 Å². The predicted octanol–water partition coefficient (Wildman–Crippen LogP) is 1.76. The minimum absolute atomic E-state index is 0.614. The Kier molecular flexibility index (Phi) is 2.56. The van der Waals surface area contributed by atoms with Gasteiger partial charge in [-0.15, -0.1) is 0 Å². The van der Waals surface area contributed by atoms with Crippen LogP contribution in [0, 0.1) is 6.92 Å². The summed E-state index contributed by atoms with van der Waals surface area (Å²) >= 11 is 0. The molecule has 3 rings (SSSR count). The lowest BCUT2D eigenvalue weighted by molar-refractivity contribution is 0.781. The normalized spacial score (nSPS) is 10.8. The van der Waals surface area contributed by atoms with Gasteiger partial charge in [-0.2, -0.15) is 20.5 Å². The molecule has 1 aromatic carbocycles. The molecule has 0 atom stereocenters. The summed E-state index contributed by atoms with van der Waals surface area (Å²) < 4.78 is 1.65. The fourth-order valence-corrected chi connectivity index (χ4v) is 2.12. The summed E-state index contributed by atoms with van der Waals surface area (Å²) in [7, 11) is 1.82. The fourth-order valence-electron chi connectivity index (χ4n) is 2.12. The van der Waals surface area contributed by atoms with Crippen LogP contribution in [0.15, 0.2) is 30.5 Å². The van der Waals surface area contributed by atoms with Crippen LogP contribution >= 0.6 is 0 Å². The number of nitrogens with zero attached hydrogens (tertiary/aromatic N) is 4. The Balaban J connectivity index is 2.26. The highest BCUT2D eigenvalue weighted by atomic mass is 15.3. The number of hydrogen-bond acceptors (Lipinski definition) is 4. The lowest BCUT2D eigenvalue weighted by Gasteiger charge is -2.03. The third-order valence-corrected chi connectivity index (χ3v) is 3.06. The molecular weight excluding hydrogens is 240 g/mol. The zero-order valence-electron chi connectivity index (χ0n) is 10.8. The van der Waals surface area contributed by atoms with Crippen molar-refractivity contribution in [3.05, 3.63) is 36.0 Å². The van der Waals surface area contributed by atoms with E-state index in [-0.39, 0.29) is 0 Å². The highest BCUT2D eigenvalue weighted by Gasteiger charge is 2.18. The molecule has 0 saturated carbocycles. The van der Waals surface area contributed by atoms with Gasteiger partial charge < -0.3 is 5.73 Å². The first kappa shape index (κ1) is 11.5. The second-order valence-corrected chi connectivity index (χ2v) is 4.46. The highest BCUT2D eigenvalue weighted by Crippen LogP contribution is 2.34. The van der Waals surface area contributed by atoms with Gasteiger partial charge in [0.1, 0.15) is 17.2 Å². The molecule has 0 spiro atoms. The van der Waals surface area contributed by atoms with Gasteiger partial charge in [-0.25, -0.2) is 0 Å². The van der Waals surface area contributed by atoms with Crippen molar-refractivity contribution in [3.63, 3.8) is 0 Å². The average molecular weight is 254 g/mol. The first-order chi connectivity index (χ1) is 9.16. The van der Waals surface area contributed by atoms with E-state index >= 15 is 0 Å². The number of hydrogen-bond donors (Lipinski definition) is 2. The Morgan fingerprint density at radius 3 is 2.84 bits per heavy atom. The molecule has 0 radical (unpaired) electrons. The summed E-state index contributed by atoms with van der Waals surface area (Å²) in [6.45, 7) is 2.05. The Labute approximate surface area is 110 Å². The van der Waals surface area contributed by atoms with Crippen LogP contribution in [0.1, 0.15) is 5.56 Å². The van der Waals surface area contributed by atoms with Crippen molar-refractivity contribution in [2.45, 2.75) is 6.92 Å². The topological polar surface area (TPSA) is 85.4 Å². The molecule has 19 heavy (non-hydrogen) atoms. The molecule has 2 aromatic heterocycles. The van der Waals surface area contributed by atoms with Gasteiger partial charge in [-0.05, 0) is 12.5 Å². The van der Waals surface area contributed by atoms with Crippen molar-refractivity contribution >= 4 is 5.82 Å². The van der Waals surface area contributed by atoms with E-state index in [0.717, 1.165) is 16.8 Å². The van der Waals surface area contributed by atoms with Crippen LogP contribution in [-0.4, -0.2) is 25.2 Å². The van der Waals surface area contributed by atoms with Crippen LogP contribution in [0.5, 0.6) is 0 Å². The number of anilines is 1. The molecule has 0 aliphatic rings. The minimum Gasteiger partial charge on any atom is -0.383 e. The van der Waals surface area contributed by atoms with E-state index in [0.29, 0.717) is 11.5 Å². The number of benzene rings is 1. The molecule has 0 saturated heterocycles. The molecule has 6 heteroatoms. The molecule has 0 amide bonds. The van der Waals surface area contributed by atoms with Gasteiger partial charge in [-0.3, -0.25) is 4.68 Å². The maximum Gasteiger partial charge on any atom is 0.133 e. The fraction of sp³-hybridized carbons (Fsp3) is 0.154. The van der Waals surface area contributed by atoms with Gasteiger partial charge in [0.05, 0.1) is 11.8 Å². The van der Waals surface area contributed by atoms with E-state index in [2.05, 4.69) is 26.6 Å². The van der Waals surface area contributed by atoms with Gasteiger partial charge in [0.15, 0.2) is 0 Å². The van der Waals surface area contributed by atoms with Crippen molar-refractivity contribution < 1.29 is 0 Å². The number of H-pyrrole nitrogens is 1. The SMILES string of the molecule is Cc1cccc(-c2c(-c3cn[nH]n3)nn(C)c2N)c1. The lowest BCUT2D eigenvalue weighted by atomic mass is 10.0. The molecule has 3 N–H and O–H groups in total. The summed E-state index contributed by atoms with van der Waals surface area (Å²) in [4.78, 5) is 0. The van der Waals surface area contributed by atoms with Crippen molar-refractivity contribution in [2.24, 2.45) is 7.05 Å². The number of aryl methyl sites for hydroxylation is 2. The maximum atomic E-state index is 6.13. The molecule has 0 bridgehead atoms. The van der Waals surface area contributed by atoms with Crippen molar-refractivity contribution in [2.75, 3.05) is 5.73 Å². The van der Waals surface area contributed by atoms with Crippen molar-refractivity contribution in [1.82, 2.24) is 25.2 Å². The maximum absolute atomic E-state index is 6.13. The van der Waals surface area contributed by atoms with Crippen molar-refractivity contribution in [3.8, 4) is 22.5 Å². The Hall–Kier alpha value is -2.63. The van der Waals surface area contributed by atoms with E-state index in [4.69, 9.17) is 5.73 Å². The molecule has 6 nitrogen and oxygen atoms in total. The van der Waals surface area contributed by atoms with Crippen LogP contribution in [0.4, 0.5) is 5.82 Å². The number of aromatic amines is 1. The lowest BCUT2D eigenvalue weighted by Crippen LogP contribution is -1.98. The second kappa shape index (κ2) is 4.24. The molecule has 0 aliphatic heterocycles. The van der Waals surface area contributed by atoms with Crippen LogP contribution in [0.2, 0.25) is 0 Å². The van der Waals surface area contributed by atoms with E-state index in [1.165, 1.54) is 5.56 Å². The number of rotatable bonds is 2. The predicted molar refractivity (Wildman–Crippen MR) is 73.2 cm³/mol.